The van der Waals surface area contributed by atoms with Gasteiger partial charge >= 0.3 is 0 Å². The number of hydrogen-bond acceptors (Lipinski definition) is 6. The third-order valence-electron chi connectivity index (χ3n) is 4.95. The summed E-state index contributed by atoms with van der Waals surface area (Å²) >= 11 is 1.30. The minimum Gasteiger partial charge on any atom is -0.319 e. The molecule has 1 unspecified atom stereocenters. The average Bonchev–Trinajstić information content (AvgIpc) is 3.22. The van der Waals surface area contributed by atoms with Crippen LogP contribution in [0.25, 0.3) is 16.7 Å². The van der Waals surface area contributed by atoms with E-state index in [1.807, 2.05) is 30.3 Å². The fourth-order valence-electron chi connectivity index (χ4n) is 3.19. The second kappa shape index (κ2) is 7.79. The van der Waals surface area contributed by atoms with E-state index in [-0.39, 0.29) is 17.2 Å². The van der Waals surface area contributed by atoms with E-state index >= 15 is 0 Å². The highest BCUT2D eigenvalue weighted by Gasteiger charge is 2.23. The Morgan fingerprint density at radius 2 is 1.90 bits per heavy atom. The van der Waals surface area contributed by atoms with Crippen molar-refractivity contribution in [1.82, 2.24) is 29.1 Å². The Kier molecular flexibility index (Phi) is 5.17. The number of carbonyl (C=O) groups excluding carboxylic acids is 1. The van der Waals surface area contributed by atoms with Gasteiger partial charge < -0.3 is 5.32 Å². The van der Waals surface area contributed by atoms with Crippen LogP contribution in [0.15, 0.2) is 52.7 Å². The van der Waals surface area contributed by atoms with E-state index in [1.54, 1.807) is 43.5 Å². The minimum atomic E-state index is -0.479. The Morgan fingerprint density at radius 3 is 2.63 bits per heavy atom. The lowest BCUT2D eigenvalue weighted by Crippen LogP contribution is -2.27. The van der Waals surface area contributed by atoms with Crippen molar-refractivity contribution in [3.05, 3.63) is 58.9 Å². The van der Waals surface area contributed by atoms with Crippen LogP contribution >= 0.6 is 11.8 Å². The van der Waals surface area contributed by atoms with Crippen molar-refractivity contribution in [2.24, 2.45) is 14.1 Å². The normalized spacial score (nSPS) is 12.3. The van der Waals surface area contributed by atoms with Crippen LogP contribution in [0.1, 0.15) is 12.6 Å². The van der Waals surface area contributed by atoms with Gasteiger partial charge in [0.25, 0.3) is 5.56 Å². The van der Waals surface area contributed by atoms with Crippen molar-refractivity contribution in [1.29, 1.82) is 0 Å². The van der Waals surface area contributed by atoms with Crippen molar-refractivity contribution >= 4 is 34.4 Å². The smallest absolute Gasteiger partial charge is 0.295 e. The quantitative estimate of drug-likeness (QED) is 0.391. The van der Waals surface area contributed by atoms with Gasteiger partial charge in [-0.3, -0.25) is 19.0 Å². The molecule has 1 amide bonds. The van der Waals surface area contributed by atoms with Crippen molar-refractivity contribution in [2.45, 2.75) is 24.1 Å². The van der Waals surface area contributed by atoms with Crippen LogP contribution in [-0.2, 0) is 18.9 Å². The monoisotopic (exact) mass is 423 g/mol. The summed E-state index contributed by atoms with van der Waals surface area (Å²) in [5, 5.41) is 7.97. The van der Waals surface area contributed by atoms with Gasteiger partial charge in [-0.05, 0) is 26.0 Å². The highest BCUT2D eigenvalue weighted by molar-refractivity contribution is 8.00. The number of thioether (sulfide) groups is 1. The number of rotatable bonds is 5. The Bertz CT molecular complexity index is 1290. The van der Waals surface area contributed by atoms with E-state index < -0.39 is 5.25 Å². The zero-order valence-corrected chi connectivity index (χ0v) is 17.8. The van der Waals surface area contributed by atoms with E-state index in [9.17, 15) is 9.59 Å². The SMILES string of the molecule is Cc1c(NC(=O)C(C)Sc2ncnc3c2cnn3C)c(=O)n(-c2ccccc2)n1C. The number of nitrogens with one attached hydrogen (secondary N) is 1. The van der Waals surface area contributed by atoms with Crippen molar-refractivity contribution in [2.75, 3.05) is 5.32 Å². The molecule has 1 aromatic carbocycles. The van der Waals surface area contributed by atoms with Gasteiger partial charge in [0.1, 0.15) is 17.0 Å². The first-order valence-corrected chi connectivity index (χ1v) is 10.2. The number of hydrogen-bond donors (Lipinski definition) is 1. The highest BCUT2D eigenvalue weighted by atomic mass is 32.2. The molecule has 0 fully saturated rings. The van der Waals surface area contributed by atoms with Gasteiger partial charge in [0.15, 0.2) is 5.65 Å². The fraction of sp³-hybridized carbons (Fsp3) is 0.250. The van der Waals surface area contributed by atoms with Crippen LogP contribution in [0.2, 0.25) is 0 Å². The lowest BCUT2D eigenvalue weighted by atomic mass is 10.3. The summed E-state index contributed by atoms with van der Waals surface area (Å²) in [5.74, 6) is -0.276. The molecule has 0 aliphatic carbocycles. The molecule has 0 saturated carbocycles. The summed E-state index contributed by atoms with van der Waals surface area (Å²) in [5.41, 5.74) is 2.10. The van der Waals surface area contributed by atoms with E-state index in [0.29, 0.717) is 16.4 Å². The van der Waals surface area contributed by atoms with E-state index in [0.717, 1.165) is 11.1 Å². The summed E-state index contributed by atoms with van der Waals surface area (Å²) in [6.07, 6.45) is 3.14. The Morgan fingerprint density at radius 1 is 1.17 bits per heavy atom. The van der Waals surface area contributed by atoms with Crippen molar-refractivity contribution < 1.29 is 4.79 Å². The predicted octanol–water partition coefficient (Wildman–Crippen LogP) is 2.28. The molecule has 0 bridgehead atoms. The Balaban J connectivity index is 1.59. The molecule has 154 valence electrons. The maximum Gasteiger partial charge on any atom is 0.295 e. The molecule has 0 aliphatic rings. The number of para-hydroxylation sites is 1. The molecule has 0 spiro atoms. The number of amides is 1. The molecule has 1 atom stereocenters. The number of carbonyl (C=O) groups is 1. The molecule has 3 aromatic heterocycles. The summed E-state index contributed by atoms with van der Waals surface area (Å²) in [4.78, 5) is 34.4. The third kappa shape index (κ3) is 3.39. The molecular formula is C20H21N7O2S. The lowest BCUT2D eigenvalue weighted by Gasteiger charge is -2.11. The number of anilines is 1. The zero-order chi connectivity index (χ0) is 21.4. The number of aromatic nitrogens is 6. The number of benzene rings is 1. The largest absolute Gasteiger partial charge is 0.319 e. The molecule has 1 N–H and O–H groups in total. The molecule has 30 heavy (non-hydrogen) atoms. The van der Waals surface area contributed by atoms with Gasteiger partial charge in [-0.25, -0.2) is 14.6 Å². The molecule has 4 aromatic rings. The maximum absolute atomic E-state index is 13.0. The molecule has 9 nitrogen and oxygen atoms in total. The maximum atomic E-state index is 13.0. The topological polar surface area (TPSA) is 99.6 Å². The molecule has 0 saturated heterocycles. The molecule has 4 rings (SSSR count). The Hall–Kier alpha value is -3.40. The molecule has 3 heterocycles. The van der Waals surface area contributed by atoms with Crippen LogP contribution in [0, 0.1) is 6.92 Å². The number of nitrogens with zero attached hydrogens (tertiary/aromatic N) is 6. The van der Waals surface area contributed by atoms with Gasteiger partial charge in [-0.2, -0.15) is 5.10 Å². The van der Waals surface area contributed by atoms with Crippen LogP contribution in [0.5, 0.6) is 0 Å². The van der Waals surface area contributed by atoms with E-state index in [4.69, 9.17) is 0 Å². The van der Waals surface area contributed by atoms with Gasteiger partial charge in [-0.1, -0.05) is 30.0 Å². The lowest BCUT2D eigenvalue weighted by molar-refractivity contribution is -0.115. The van der Waals surface area contributed by atoms with Crippen molar-refractivity contribution in [3.63, 3.8) is 0 Å². The van der Waals surface area contributed by atoms with Gasteiger partial charge in [-0.15, -0.1) is 0 Å². The Labute approximate surface area is 176 Å². The molecule has 0 radical (unpaired) electrons. The number of fused-ring (bicyclic) bond motifs is 1. The zero-order valence-electron chi connectivity index (χ0n) is 17.0. The van der Waals surface area contributed by atoms with Gasteiger partial charge in [0.05, 0.1) is 28.2 Å². The first-order chi connectivity index (χ1) is 14.4. The highest BCUT2D eigenvalue weighted by Crippen LogP contribution is 2.28. The van der Waals surface area contributed by atoms with Crippen LogP contribution in [0.4, 0.5) is 5.69 Å². The first-order valence-electron chi connectivity index (χ1n) is 9.32. The van der Waals surface area contributed by atoms with Gasteiger partial charge in [0.2, 0.25) is 5.91 Å². The number of aryl methyl sites for hydroxylation is 1. The van der Waals surface area contributed by atoms with Crippen molar-refractivity contribution in [3.8, 4) is 5.69 Å². The predicted molar refractivity (Wildman–Crippen MR) is 116 cm³/mol. The third-order valence-corrected chi connectivity index (χ3v) is 6.07. The summed E-state index contributed by atoms with van der Waals surface area (Å²) in [6, 6.07) is 9.31. The van der Waals surface area contributed by atoms with E-state index in [2.05, 4.69) is 20.4 Å². The first kappa shape index (κ1) is 19.9. The molecule has 10 heteroatoms. The summed E-state index contributed by atoms with van der Waals surface area (Å²) < 4.78 is 4.92. The van der Waals surface area contributed by atoms with E-state index in [1.165, 1.54) is 22.8 Å². The van der Waals surface area contributed by atoms with Gasteiger partial charge in [0, 0.05) is 14.1 Å². The second-order valence-electron chi connectivity index (χ2n) is 6.87. The van der Waals surface area contributed by atoms with Crippen LogP contribution < -0.4 is 10.9 Å². The minimum absolute atomic E-state index is 0.271. The summed E-state index contributed by atoms with van der Waals surface area (Å²) in [7, 11) is 3.59. The second-order valence-corrected chi connectivity index (χ2v) is 8.20. The van der Waals surface area contributed by atoms with Crippen LogP contribution in [0.3, 0.4) is 0 Å². The molecule has 0 aliphatic heterocycles. The van der Waals surface area contributed by atoms with Crippen LogP contribution in [-0.4, -0.2) is 40.3 Å². The fourth-order valence-corrected chi connectivity index (χ4v) is 4.07. The molecular weight excluding hydrogens is 402 g/mol. The average molecular weight is 424 g/mol. The summed E-state index contributed by atoms with van der Waals surface area (Å²) in [6.45, 7) is 3.58. The standard InChI is InChI=1S/C20H21N7O2S/c1-12-16(20(29)27(26(12)4)14-8-6-5-7-9-14)24-18(28)13(2)30-19-15-10-23-25(3)17(15)21-11-22-19/h5-11,13H,1-4H3,(H,24,28).